The highest BCUT2D eigenvalue weighted by molar-refractivity contribution is 7.91. The molecule has 0 radical (unpaired) electrons. The molecule has 0 bridgehead atoms. The molecule has 25 heavy (non-hydrogen) atoms. The molecule has 138 valence electrons. The topological polar surface area (TPSA) is 99.0 Å². The van der Waals surface area contributed by atoms with Crippen molar-refractivity contribution >= 4 is 15.5 Å². The summed E-state index contributed by atoms with van der Waals surface area (Å²) in [5.74, 6) is -0.507. The van der Waals surface area contributed by atoms with Crippen LogP contribution in [0.3, 0.4) is 0 Å². The Morgan fingerprint density at radius 3 is 2.28 bits per heavy atom. The Balaban J connectivity index is 1.61. The second kappa shape index (κ2) is 6.99. The number of ether oxygens (including phenoxy) is 2. The van der Waals surface area contributed by atoms with Gasteiger partial charge in [-0.25, -0.2) is 8.42 Å². The number of nitro benzene ring substituents is 1. The molecule has 9 heteroatoms. The van der Waals surface area contributed by atoms with Gasteiger partial charge in [0.05, 0.1) is 28.8 Å². The first-order valence-electron chi connectivity index (χ1n) is 8.31. The van der Waals surface area contributed by atoms with Crippen LogP contribution in [0.4, 0.5) is 5.69 Å². The molecule has 0 amide bonds. The van der Waals surface area contributed by atoms with Crippen LogP contribution in [0.2, 0.25) is 0 Å². The van der Waals surface area contributed by atoms with Gasteiger partial charge in [-0.3, -0.25) is 15.0 Å². The molecule has 2 aliphatic rings. The van der Waals surface area contributed by atoms with Crippen molar-refractivity contribution in [2.24, 2.45) is 0 Å². The fourth-order valence-corrected chi connectivity index (χ4v) is 4.97. The number of sulfone groups is 1. The Labute approximate surface area is 146 Å². The zero-order chi connectivity index (χ0) is 18.1. The summed E-state index contributed by atoms with van der Waals surface area (Å²) in [5, 5.41) is 10.7. The van der Waals surface area contributed by atoms with E-state index in [0.717, 1.165) is 25.9 Å². The van der Waals surface area contributed by atoms with Crippen LogP contribution in [0, 0.1) is 10.1 Å². The lowest BCUT2D eigenvalue weighted by molar-refractivity contribution is -0.384. The minimum atomic E-state index is -3.51. The molecule has 1 unspecified atom stereocenters. The molecule has 0 aromatic heterocycles. The van der Waals surface area contributed by atoms with Gasteiger partial charge in [-0.05, 0) is 19.1 Å². The fourth-order valence-electron chi connectivity index (χ4n) is 3.39. The molecule has 3 rings (SSSR count). The summed E-state index contributed by atoms with van der Waals surface area (Å²) in [6.07, 6.45) is 1.46. The number of nitrogens with zero attached hydrogens (tertiary/aromatic N) is 2. The van der Waals surface area contributed by atoms with E-state index in [4.69, 9.17) is 9.47 Å². The Morgan fingerprint density at radius 1 is 1.20 bits per heavy atom. The maximum atomic E-state index is 12.6. The van der Waals surface area contributed by atoms with Gasteiger partial charge in [0, 0.05) is 44.1 Å². The van der Waals surface area contributed by atoms with Crippen LogP contribution >= 0.6 is 0 Å². The summed E-state index contributed by atoms with van der Waals surface area (Å²) in [6.45, 7) is 4.55. The van der Waals surface area contributed by atoms with E-state index in [1.165, 1.54) is 24.3 Å². The summed E-state index contributed by atoms with van der Waals surface area (Å²) in [4.78, 5) is 12.4. The molecule has 1 spiro atoms. The molecule has 2 saturated heterocycles. The molecule has 0 aliphatic carbocycles. The Hall–Kier alpha value is -1.55. The van der Waals surface area contributed by atoms with E-state index in [2.05, 4.69) is 4.90 Å². The molecule has 1 atom stereocenters. The van der Waals surface area contributed by atoms with Crippen LogP contribution in [-0.4, -0.2) is 62.1 Å². The summed E-state index contributed by atoms with van der Waals surface area (Å²) in [7, 11) is -3.51. The number of hydrogen-bond donors (Lipinski definition) is 0. The van der Waals surface area contributed by atoms with E-state index < -0.39 is 20.5 Å². The Bertz CT molecular complexity index is 717. The summed E-state index contributed by atoms with van der Waals surface area (Å²) >= 11 is 0. The first-order chi connectivity index (χ1) is 11.8. The Morgan fingerprint density at radius 2 is 1.76 bits per heavy atom. The van der Waals surface area contributed by atoms with Crippen molar-refractivity contribution in [2.75, 3.05) is 32.1 Å². The zero-order valence-corrected chi connectivity index (χ0v) is 14.9. The van der Waals surface area contributed by atoms with E-state index >= 15 is 0 Å². The number of rotatable bonds is 5. The number of likely N-dealkylation sites (tertiary alicyclic amines) is 1. The molecular formula is C16H22N2O6S. The van der Waals surface area contributed by atoms with Gasteiger partial charge in [0.25, 0.3) is 5.69 Å². The third kappa shape index (κ3) is 4.00. The van der Waals surface area contributed by atoms with E-state index in [9.17, 15) is 18.5 Å². The molecular weight excluding hydrogens is 348 g/mol. The van der Waals surface area contributed by atoms with Crippen molar-refractivity contribution < 1.29 is 22.8 Å². The van der Waals surface area contributed by atoms with Crippen molar-refractivity contribution in [3.63, 3.8) is 0 Å². The summed E-state index contributed by atoms with van der Waals surface area (Å²) < 4.78 is 36.5. The lowest BCUT2D eigenvalue weighted by Crippen LogP contribution is -2.49. The lowest BCUT2D eigenvalue weighted by atomic mass is 10.0. The zero-order valence-electron chi connectivity index (χ0n) is 14.1. The molecule has 1 aromatic rings. The Kier molecular flexibility index (Phi) is 5.10. The highest BCUT2D eigenvalue weighted by Crippen LogP contribution is 2.32. The van der Waals surface area contributed by atoms with Crippen molar-refractivity contribution in [1.82, 2.24) is 4.90 Å². The lowest BCUT2D eigenvalue weighted by Gasteiger charge is -2.40. The van der Waals surface area contributed by atoms with Crippen LogP contribution in [0.5, 0.6) is 0 Å². The normalized spacial score (nSPS) is 22.1. The molecule has 0 N–H and O–H groups in total. The van der Waals surface area contributed by atoms with Crippen LogP contribution in [0.15, 0.2) is 29.2 Å². The standard InChI is InChI=1S/C16H22N2O6S/c1-13(17-8-6-16(7-9-17)23-10-11-24-16)12-25(21,22)15-4-2-14(3-5-15)18(19)20/h2-5,13H,6-12H2,1H3. The summed E-state index contributed by atoms with van der Waals surface area (Å²) in [5.41, 5.74) is -0.120. The molecule has 2 aliphatic heterocycles. The molecule has 2 fully saturated rings. The highest BCUT2D eigenvalue weighted by Gasteiger charge is 2.41. The van der Waals surface area contributed by atoms with Crippen LogP contribution in [-0.2, 0) is 19.3 Å². The van der Waals surface area contributed by atoms with Gasteiger partial charge in [0.2, 0.25) is 0 Å². The number of piperidine rings is 1. The first kappa shape index (κ1) is 18.2. The van der Waals surface area contributed by atoms with Gasteiger partial charge in [-0.1, -0.05) is 0 Å². The van der Waals surface area contributed by atoms with Gasteiger partial charge in [-0.2, -0.15) is 0 Å². The maximum Gasteiger partial charge on any atom is 0.269 e. The highest BCUT2D eigenvalue weighted by atomic mass is 32.2. The SMILES string of the molecule is CC(CS(=O)(=O)c1ccc([N+](=O)[O-])cc1)N1CCC2(CC1)OCCO2. The van der Waals surface area contributed by atoms with Gasteiger partial charge >= 0.3 is 0 Å². The fraction of sp³-hybridized carbons (Fsp3) is 0.625. The molecule has 2 heterocycles. The predicted octanol–water partition coefficient (Wildman–Crippen LogP) is 1.60. The molecule has 8 nitrogen and oxygen atoms in total. The van der Waals surface area contributed by atoms with Gasteiger partial charge in [-0.15, -0.1) is 0 Å². The average molecular weight is 370 g/mol. The largest absolute Gasteiger partial charge is 0.347 e. The molecule has 1 aromatic carbocycles. The van der Waals surface area contributed by atoms with E-state index in [-0.39, 0.29) is 22.4 Å². The van der Waals surface area contributed by atoms with Crippen molar-refractivity contribution in [3.05, 3.63) is 34.4 Å². The van der Waals surface area contributed by atoms with Gasteiger partial charge in [0.1, 0.15) is 0 Å². The predicted molar refractivity (Wildman–Crippen MR) is 90.1 cm³/mol. The number of hydrogen-bond acceptors (Lipinski definition) is 7. The monoisotopic (exact) mass is 370 g/mol. The average Bonchev–Trinajstić information content (AvgIpc) is 3.03. The summed E-state index contributed by atoms with van der Waals surface area (Å²) in [6, 6.07) is 4.88. The van der Waals surface area contributed by atoms with Gasteiger partial charge in [0.15, 0.2) is 15.6 Å². The third-order valence-corrected chi connectivity index (χ3v) is 6.78. The second-order valence-corrected chi connectivity index (χ2v) is 8.56. The van der Waals surface area contributed by atoms with E-state index in [0.29, 0.717) is 13.2 Å². The number of non-ortho nitro benzene ring substituents is 1. The quantitative estimate of drug-likeness (QED) is 0.573. The van der Waals surface area contributed by atoms with Crippen molar-refractivity contribution in [1.29, 1.82) is 0 Å². The number of nitro groups is 1. The smallest absolute Gasteiger partial charge is 0.269 e. The second-order valence-electron chi connectivity index (χ2n) is 6.53. The molecule has 0 saturated carbocycles. The van der Waals surface area contributed by atoms with Crippen LogP contribution in [0.25, 0.3) is 0 Å². The van der Waals surface area contributed by atoms with E-state index in [1.54, 1.807) is 0 Å². The van der Waals surface area contributed by atoms with Crippen LogP contribution in [0.1, 0.15) is 19.8 Å². The minimum Gasteiger partial charge on any atom is -0.347 e. The van der Waals surface area contributed by atoms with Crippen LogP contribution < -0.4 is 0 Å². The number of benzene rings is 1. The minimum absolute atomic E-state index is 0.0282. The van der Waals surface area contributed by atoms with Crippen molar-refractivity contribution in [3.8, 4) is 0 Å². The van der Waals surface area contributed by atoms with Gasteiger partial charge < -0.3 is 9.47 Å². The first-order valence-corrected chi connectivity index (χ1v) is 9.96. The van der Waals surface area contributed by atoms with E-state index in [1.807, 2.05) is 6.92 Å². The maximum absolute atomic E-state index is 12.6. The third-order valence-electron chi connectivity index (χ3n) is 4.86. The van der Waals surface area contributed by atoms with Crippen molar-refractivity contribution in [2.45, 2.75) is 36.5 Å².